The summed E-state index contributed by atoms with van der Waals surface area (Å²) in [6, 6.07) is 4.32. The highest BCUT2D eigenvalue weighted by Gasteiger charge is 2.20. The molecule has 2 heterocycles. The molecule has 1 unspecified atom stereocenters. The highest BCUT2D eigenvalue weighted by molar-refractivity contribution is 7.14. The molecule has 0 spiro atoms. The Labute approximate surface area is 150 Å². The van der Waals surface area contributed by atoms with E-state index in [0.29, 0.717) is 12.0 Å². The van der Waals surface area contributed by atoms with Crippen molar-refractivity contribution in [2.75, 3.05) is 51.3 Å². The number of aliphatic imine (C=N–C) groups is 1. The molecule has 0 aromatic carbocycles. The number of piperazine rings is 1. The molecule has 0 radical (unpaired) electrons. The Bertz CT molecular complexity index is 481. The number of nitrogens with one attached hydrogen (secondary N) is 1. The van der Waals surface area contributed by atoms with Gasteiger partial charge < -0.3 is 19.9 Å². The lowest BCUT2D eigenvalue weighted by Gasteiger charge is -2.37. The first-order valence-electron chi connectivity index (χ1n) is 9.01. The van der Waals surface area contributed by atoms with Crippen LogP contribution in [0.3, 0.4) is 0 Å². The van der Waals surface area contributed by atoms with Gasteiger partial charge in [0.25, 0.3) is 0 Å². The molecule has 0 amide bonds. The topological polar surface area (TPSA) is 40.1 Å². The fourth-order valence-corrected chi connectivity index (χ4v) is 3.86. The summed E-state index contributed by atoms with van der Waals surface area (Å²) in [5.74, 6) is 1.56. The zero-order valence-corrected chi connectivity index (χ0v) is 16.3. The molecule has 1 aromatic rings. The normalized spacial score (nSPS) is 17.5. The van der Waals surface area contributed by atoms with Gasteiger partial charge in [0.15, 0.2) is 5.96 Å². The summed E-state index contributed by atoms with van der Waals surface area (Å²) in [6.45, 7) is 12.3. The largest absolute Gasteiger partial charge is 0.378 e. The molecule has 1 aliphatic heterocycles. The monoisotopic (exact) mass is 352 g/mol. The number of anilines is 1. The fraction of sp³-hybridized carbons (Fsp3) is 0.722. The number of hydrogen-bond acceptors (Lipinski definition) is 4. The van der Waals surface area contributed by atoms with Gasteiger partial charge in [-0.3, -0.25) is 4.99 Å². The van der Waals surface area contributed by atoms with Gasteiger partial charge in [-0.2, -0.15) is 0 Å². The number of ether oxygens (including phenoxy) is 1. The molecule has 0 aliphatic carbocycles. The Morgan fingerprint density at radius 3 is 2.62 bits per heavy atom. The lowest BCUT2D eigenvalue weighted by atomic mass is 10.0. The van der Waals surface area contributed by atoms with Gasteiger partial charge in [0.1, 0.15) is 0 Å². The van der Waals surface area contributed by atoms with Gasteiger partial charge in [-0.05, 0) is 36.8 Å². The molecule has 1 atom stereocenters. The van der Waals surface area contributed by atoms with Crippen LogP contribution in [0.25, 0.3) is 0 Å². The minimum atomic E-state index is 0.316. The smallest absolute Gasteiger partial charge is 0.193 e. The summed E-state index contributed by atoms with van der Waals surface area (Å²) < 4.78 is 5.82. The van der Waals surface area contributed by atoms with Crippen LogP contribution in [0.5, 0.6) is 0 Å². The first-order chi connectivity index (χ1) is 11.7. The second-order valence-corrected chi connectivity index (χ2v) is 7.35. The van der Waals surface area contributed by atoms with E-state index in [1.807, 2.05) is 18.4 Å². The van der Waals surface area contributed by atoms with E-state index in [4.69, 9.17) is 4.74 Å². The average molecular weight is 353 g/mol. The number of thiophene rings is 1. The van der Waals surface area contributed by atoms with Gasteiger partial charge in [0.2, 0.25) is 0 Å². The molecule has 1 saturated heterocycles. The van der Waals surface area contributed by atoms with Crippen molar-refractivity contribution in [2.45, 2.75) is 33.3 Å². The van der Waals surface area contributed by atoms with Crippen LogP contribution in [-0.2, 0) is 4.74 Å². The summed E-state index contributed by atoms with van der Waals surface area (Å²) in [6.07, 6.45) is 1.33. The highest BCUT2D eigenvalue weighted by atomic mass is 32.1. The zero-order chi connectivity index (χ0) is 17.4. The number of guanidine groups is 1. The van der Waals surface area contributed by atoms with Crippen molar-refractivity contribution >= 4 is 22.3 Å². The molecule has 0 bridgehead atoms. The molecular formula is C18H32N4OS. The van der Waals surface area contributed by atoms with Crippen LogP contribution < -0.4 is 10.2 Å². The fourth-order valence-electron chi connectivity index (χ4n) is 3.07. The van der Waals surface area contributed by atoms with Gasteiger partial charge in [-0.1, -0.05) is 13.8 Å². The second kappa shape index (κ2) is 9.89. The maximum absolute atomic E-state index is 5.82. The van der Waals surface area contributed by atoms with Crippen molar-refractivity contribution in [3.05, 3.63) is 17.5 Å². The van der Waals surface area contributed by atoms with Crippen molar-refractivity contribution < 1.29 is 4.74 Å². The van der Waals surface area contributed by atoms with Crippen LogP contribution in [0, 0.1) is 5.92 Å². The molecule has 0 saturated carbocycles. The Hall–Kier alpha value is -1.27. The molecule has 24 heavy (non-hydrogen) atoms. The van der Waals surface area contributed by atoms with E-state index in [1.165, 1.54) is 5.00 Å². The third-order valence-corrected chi connectivity index (χ3v) is 5.37. The molecule has 1 fully saturated rings. The summed E-state index contributed by atoms with van der Waals surface area (Å²) in [5, 5.41) is 7.03. The Morgan fingerprint density at radius 1 is 1.33 bits per heavy atom. The maximum Gasteiger partial charge on any atom is 0.193 e. The van der Waals surface area contributed by atoms with Gasteiger partial charge in [-0.15, -0.1) is 11.3 Å². The molecule has 2 rings (SSSR count). The standard InChI is InChI=1S/C18H32N4OS/c1-5-23-16(15(2)3)8-9-20-18(19-4)22-12-10-21(11-13-22)17-7-6-14-24-17/h6-7,14-16H,5,8-13H2,1-4H3,(H,19,20). The summed E-state index contributed by atoms with van der Waals surface area (Å²) >= 11 is 1.82. The lowest BCUT2D eigenvalue weighted by molar-refractivity contribution is 0.0257. The van der Waals surface area contributed by atoms with Crippen LogP contribution in [0.1, 0.15) is 27.2 Å². The molecule has 1 aromatic heterocycles. The third kappa shape index (κ3) is 5.38. The van der Waals surface area contributed by atoms with Crippen molar-refractivity contribution in [3.8, 4) is 0 Å². The minimum absolute atomic E-state index is 0.316. The van der Waals surface area contributed by atoms with Gasteiger partial charge in [-0.25, -0.2) is 0 Å². The predicted molar refractivity (Wildman–Crippen MR) is 104 cm³/mol. The van der Waals surface area contributed by atoms with E-state index in [0.717, 1.165) is 51.7 Å². The third-order valence-electron chi connectivity index (χ3n) is 4.45. The molecule has 1 aliphatic rings. The quantitative estimate of drug-likeness (QED) is 0.605. The maximum atomic E-state index is 5.82. The first kappa shape index (κ1) is 19.1. The Morgan fingerprint density at radius 2 is 2.08 bits per heavy atom. The first-order valence-corrected chi connectivity index (χ1v) is 9.89. The number of hydrogen-bond donors (Lipinski definition) is 1. The number of rotatable bonds is 7. The Kier molecular flexibility index (Phi) is 7.85. The molecule has 136 valence electrons. The van der Waals surface area contributed by atoms with Gasteiger partial charge in [0, 0.05) is 46.4 Å². The zero-order valence-electron chi connectivity index (χ0n) is 15.5. The van der Waals surface area contributed by atoms with Crippen molar-refractivity contribution in [1.29, 1.82) is 0 Å². The van der Waals surface area contributed by atoms with Gasteiger partial charge in [0.05, 0.1) is 11.1 Å². The summed E-state index contributed by atoms with van der Waals surface area (Å²) in [5.41, 5.74) is 0. The molecule has 5 nitrogen and oxygen atoms in total. The molecule has 1 N–H and O–H groups in total. The summed E-state index contributed by atoms with van der Waals surface area (Å²) in [4.78, 5) is 9.27. The molecular weight excluding hydrogens is 320 g/mol. The van der Waals surface area contributed by atoms with E-state index >= 15 is 0 Å². The second-order valence-electron chi connectivity index (χ2n) is 6.43. The summed E-state index contributed by atoms with van der Waals surface area (Å²) in [7, 11) is 1.87. The van der Waals surface area contributed by atoms with Crippen LogP contribution in [-0.4, -0.2) is 63.3 Å². The number of nitrogens with zero attached hydrogens (tertiary/aromatic N) is 3. The minimum Gasteiger partial charge on any atom is -0.378 e. The van der Waals surface area contributed by atoms with Crippen molar-refractivity contribution in [3.63, 3.8) is 0 Å². The van der Waals surface area contributed by atoms with E-state index in [1.54, 1.807) is 0 Å². The van der Waals surface area contributed by atoms with E-state index in [2.05, 4.69) is 58.4 Å². The van der Waals surface area contributed by atoms with Crippen LogP contribution in [0.15, 0.2) is 22.5 Å². The lowest BCUT2D eigenvalue weighted by Crippen LogP contribution is -2.52. The molecule has 6 heteroatoms. The predicted octanol–water partition coefficient (Wildman–Crippen LogP) is 2.90. The SMILES string of the molecule is CCOC(CCNC(=NC)N1CCN(c2cccs2)CC1)C(C)C. The van der Waals surface area contributed by atoms with Crippen molar-refractivity contribution in [2.24, 2.45) is 10.9 Å². The van der Waals surface area contributed by atoms with Crippen LogP contribution >= 0.6 is 11.3 Å². The van der Waals surface area contributed by atoms with Crippen molar-refractivity contribution in [1.82, 2.24) is 10.2 Å². The highest BCUT2D eigenvalue weighted by Crippen LogP contribution is 2.22. The van der Waals surface area contributed by atoms with Crippen LogP contribution in [0.2, 0.25) is 0 Å². The van der Waals surface area contributed by atoms with Crippen LogP contribution in [0.4, 0.5) is 5.00 Å². The van der Waals surface area contributed by atoms with Gasteiger partial charge >= 0.3 is 0 Å². The van der Waals surface area contributed by atoms with E-state index in [9.17, 15) is 0 Å². The Balaban J connectivity index is 1.76. The van der Waals surface area contributed by atoms with E-state index < -0.39 is 0 Å². The van der Waals surface area contributed by atoms with E-state index in [-0.39, 0.29) is 0 Å². The average Bonchev–Trinajstić information content (AvgIpc) is 3.12.